The van der Waals surface area contributed by atoms with Crippen molar-refractivity contribution in [2.24, 2.45) is 0 Å². The zero-order valence-corrected chi connectivity index (χ0v) is 8.16. The highest BCUT2D eigenvalue weighted by Crippen LogP contribution is 2.30. The number of fused-ring (bicyclic) bond motifs is 1. The maximum absolute atomic E-state index is 5.19. The van der Waals surface area contributed by atoms with Crippen LogP contribution >= 0.6 is 0 Å². The molecule has 0 saturated carbocycles. The summed E-state index contributed by atoms with van der Waals surface area (Å²) in [6.45, 7) is 0.811. The highest BCUT2D eigenvalue weighted by molar-refractivity contribution is 5.58. The maximum atomic E-state index is 5.19. The molecule has 1 aliphatic heterocycles. The monoisotopic (exact) mass is 193 g/mol. The average Bonchev–Trinajstić information content (AvgIpc) is 2.46. The third kappa shape index (κ3) is 1.75. The van der Waals surface area contributed by atoms with Crippen molar-refractivity contribution in [1.29, 1.82) is 0 Å². The van der Waals surface area contributed by atoms with Crippen molar-refractivity contribution in [3.05, 3.63) is 29.8 Å². The number of anilines is 1. The Morgan fingerprint density at radius 3 is 2.79 bits per heavy atom. The summed E-state index contributed by atoms with van der Waals surface area (Å²) in [4.78, 5) is 2.30. The van der Waals surface area contributed by atoms with Gasteiger partial charge in [0.25, 0.3) is 0 Å². The molecule has 78 valence electrons. The molecule has 14 heavy (non-hydrogen) atoms. The quantitative estimate of drug-likeness (QED) is 0.714. The topological polar surface area (TPSA) is 12.5 Å². The molecule has 0 radical (unpaired) electrons. The van der Waals surface area contributed by atoms with Crippen LogP contribution in [-0.4, -0.2) is 26.8 Å². The molecule has 0 unspecified atom stereocenters. The Balaban J connectivity index is 0.000000980. The van der Waals surface area contributed by atoms with Crippen LogP contribution in [-0.2, 0) is 11.2 Å². The molecule has 0 saturated heterocycles. The predicted octanol–water partition coefficient (Wildman–Crippen LogP) is 2.33. The Hall–Kier alpha value is -1.02. The lowest BCUT2D eigenvalue weighted by Crippen LogP contribution is -2.31. The Morgan fingerprint density at radius 1 is 1.43 bits per heavy atom. The van der Waals surface area contributed by atoms with Gasteiger partial charge in [0.2, 0.25) is 0 Å². The molecule has 0 bridgehead atoms. The fraction of sp³-hybridized carbons (Fsp3) is 0.500. The van der Waals surface area contributed by atoms with Gasteiger partial charge in [-0.05, 0) is 18.1 Å². The lowest BCUT2D eigenvalue weighted by Gasteiger charge is -2.21. The van der Waals surface area contributed by atoms with Gasteiger partial charge in [-0.25, -0.2) is 0 Å². The molecule has 0 amide bonds. The van der Waals surface area contributed by atoms with Crippen LogP contribution in [0.15, 0.2) is 24.3 Å². The molecule has 2 nitrogen and oxygen atoms in total. The second-order valence-corrected chi connectivity index (χ2v) is 3.55. The molecular formula is C12H19NO. The molecule has 1 aliphatic rings. The second-order valence-electron chi connectivity index (χ2n) is 3.55. The van der Waals surface area contributed by atoms with Crippen molar-refractivity contribution < 1.29 is 4.74 Å². The summed E-state index contributed by atoms with van der Waals surface area (Å²) >= 11 is 0. The van der Waals surface area contributed by atoms with Gasteiger partial charge in [-0.3, -0.25) is 0 Å². The molecule has 0 aliphatic carbocycles. The highest BCUT2D eigenvalue weighted by atomic mass is 16.5. The van der Waals surface area contributed by atoms with Gasteiger partial charge in [0.15, 0.2) is 0 Å². The molecule has 0 aromatic heterocycles. The summed E-state index contributed by atoms with van der Waals surface area (Å²) in [6, 6.07) is 9.07. The molecule has 0 spiro atoms. The number of likely N-dealkylation sites (N-methyl/N-ethyl adjacent to an activating group) is 1. The number of rotatable bonds is 2. The fourth-order valence-electron chi connectivity index (χ4n) is 1.98. The number of ether oxygens (including phenoxy) is 1. The smallest absolute Gasteiger partial charge is 0.0669 e. The number of nitrogens with zero attached hydrogens (tertiary/aromatic N) is 1. The van der Waals surface area contributed by atoms with Crippen LogP contribution in [0.2, 0.25) is 0 Å². The molecule has 1 aromatic rings. The summed E-state index contributed by atoms with van der Waals surface area (Å²) in [5, 5.41) is 0. The van der Waals surface area contributed by atoms with Gasteiger partial charge < -0.3 is 9.64 Å². The Labute approximate surface area is 86.5 Å². The van der Waals surface area contributed by atoms with Crippen LogP contribution in [0, 0.1) is 0 Å². The van der Waals surface area contributed by atoms with Crippen molar-refractivity contribution in [2.45, 2.75) is 19.9 Å². The first-order valence-corrected chi connectivity index (χ1v) is 4.62. The first-order valence-electron chi connectivity index (χ1n) is 4.62. The van der Waals surface area contributed by atoms with E-state index in [2.05, 4.69) is 36.2 Å². The van der Waals surface area contributed by atoms with Crippen LogP contribution in [0.3, 0.4) is 0 Å². The molecule has 1 heterocycles. The Kier molecular flexibility index (Phi) is 3.53. The normalized spacial score (nSPS) is 19.0. The standard InChI is InChI=1S/C11H15NO.CH4/c1-12-10(8-13-2)7-9-5-3-4-6-11(9)12;/h3-6,10H,7-8H2,1-2H3;1H4/t10-;/m1./s1. The number of para-hydroxylation sites is 1. The first-order chi connectivity index (χ1) is 6.33. The van der Waals surface area contributed by atoms with Gasteiger partial charge in [0.05, 0.1) is 12.6 Å². The van der Waals surface area contributed by atoms with E-state index < -0.39 is 0 Å². The minimum Gasteiger partial charge on any atom is -0.383 e. The van der Waals surface area contributed by atoms with E-state index in [1.807, 2.05) is 0 Å². The summed E-state index contributed by atoms with van der Waals surface area (Å²) in [5.74, 6) is 0. The SMILES string of the molecule is C.COC[C@H]1Cc2ccccc2N1C. The first kappa shape index (κ1) is 11.1. The third-order valence-corrected chi connectivity index (χ3v) is 2.73. The minimum atomic E-state index is 0. The van der Waals surface area contributed by atoms with Gasteiger partial charge in [-0.15, -0.1) is 0 Å². The maximum Gasteiger partial charge on any atom is 0.0669 e. The van der Waals surface area contributed by atoms with Crippen molar-refractivity contribution in [1.82, 2.24) is 0 Å². The number of methoxy groups -OCH3 is 1. The summed E-state index contributed by atoms with van der Waals surface area (Å²) in [6.07, 6.45) is 1.11. The summed E-state index contributed by atoms with van der Waals surface area (Å²) < 4.78 is 5.19. The van der Waals surface area contributed by atoms with E-state index in [9.17, 15) is 0 Å². The van der Waals surface area contributed by atoms with Crippen molar-refractivity contribution in [3.63, 3.8) is 0 Å². The number of benzene rings is 1. The number of hydrogen-bond donors (Lipinski definition) is 0. The largest absolute Gasteiger partial charge is 0.383 e. The predicted molar refractivity (Wildman–Crippen MR) is 60.9 cm³/mol. The van der Waals surface area contributed by atoms with E-state index in [0.717, 1.165) is 13.0 Å². The number of hydrogen-bond acceptors (Lipinski definition) is 2. The summed E-state index contributed by atoms with van der Waals surface area (Å²) in [7, 11) is 3.90. The van der Waals surface area contributed by atoms with Crippen LogP contribution in [0.4, 0.5) is 5.69 Å². The molecule has 1 atom stereocenters. The van der Waals surface area contributed by atoms with E-state index in [1.165, 1.54) is 11.3 Å². The van der Waals surface area contributed by atoms with Crippen LogP contribution in [0.1, 0.15) is 13.0 Å². The molecule has 2 rings (SSSR count). The Bertz CT molecular complexity index is 298. The third-order valence-electron chi connectivity index (χ3n) is 2.73. The van der Waals surface area contributed by atoms with Gasteiger partial charge in [-0.2, -0.15) is 0 Å². The van der Waals surface area contributed by atoms with E-state index >= 15 is 0 Å². The van der Waals surface area contributed by atoms with E-state index in [1.54, 1.807) is 7.11 Å². The molecule has 2 heteroatoms. The molecule has 0 N–H and O–H groups in total. The van der Waals surface area contributed by atoms with Gasteiger partial charge >= 0.3 is 0 Å². The van der Waals surface area contributed by atoms with Crippen LogP contribution < -0.4 is 4.90 Å². The minimum absolute atomic E-state index is 0. The van der Waals surface area contributed by atoms with E-state index in [-0.39, 0.29) is 7.43 Å². The lowest BCUT2D eigenvalue weighted by molar-refractivity contribution is 0.180. The molecular weight excluding hydrogens is 174 g/mol. The van der Waals surface area contributed by atoms with Gasteiger partial charge in [-0.1, -0.05) is 25.6 Å². The van der Waals surface area contributed by atoms with Crippen molar-refractivity contribution >= 4 is 5.69 Å². The van der Waals surface area contributed by atoms with E-state index in [4.69, 9.17) is 4.74 Å². The Morgan fingerprint density at radius 2 is 2.14 bits per heavy atom. The second kappa shape index (κ2) is 4.47. The van der Waals surface area contributed by atoms with Gasteiger partial charge in [0, 0.05) is 19.8 Å². The van der Waals surface area contributed by atoms with Crippen LogP contribution in [0.25, 0.3) is 0 Å². The lowest BCUT2D eigenvalue weighted by atomic mass is 10.1. The fourth-order valence-corrected chi connectivity index (χ4v) is 1.98. The molecule has 0 fully saturated rings. The summed E-state index contributed by atoms with van der Waals surface area (Å²) in [5.41, 5.74) is 2.79. The van der Waals surface area contributed by atoms with Crippen molar-refractivity contribution in [2.75, 3.05) is 25.7 Å². The molecule has 1 aromatic carbocycles. The highest BCUT2D eigenvalue weighted by Gasteiger charge is 2.25. The van der Waals surface area contributed by atoms with Crippen molar-refractivity contribution in [3.8, 4) is 0 Å². The van der Waals surface area contributed by atoms with Gasteiger partial charge in [0.1, 0.15) is 0 Å². The van der Waals surface area contributed by atoms with Crippen LogP contribution in [0.5, 0.6) is 0 Å². The zero-order chi connectivity index (χ0) is 9.26. The van der Waals surface area contributed by atoms with E-state index in [0.29, 0.717) is 6.04 Å². The average molecular weight is 193 g/mol. The zero-order valence-electron chi connectivity index (χ0n) is 8.16.